The highest BCUT2D eigenvalue weighted by Gasteiger charge is 2.15. The molecule has 0 aliphatic heterocycles. The third kappa shape index (κ3) is 1.63. The first-order chi connectivity index (χ1) is 9.42. The summed E-state index contributed by atoms with van der Waals surface area (Å²) in [7, 11) is 0. The van der Waals surface area contributed by atoms with Crippen molar-refractivity contribution in [1.29, 1.82) is 0 Å². The second kappa shape index (κ2) is 3.99. The molecule has 0 N–H and O–H groups in total. The van der Waals surface area contributed by atoms with Crippen LogP contribution >= 0.6 is 0 Å². The van der Waals surface area contributed by atoms with E-state index in [4.69, 9.17) is 4.42 Å². The van der Waals surface area contributed by atoms with Gasteiger partial charge in [0.05, 0.1) is 0 Å². The number of rotatable bonds is 2. The second-order valence-corrected chi connectivity index (χ2v) is 4.68. The Morgan fingerprint density at radius 3 is 1.32 bits per heavy atom. The largest absolute Gasteiger partial charge is 0.456 e. The van der Waals surface area contributed by atoms with Crippen molar-refractivity contribution in [3.63, 3.8) is 0 Å². The molecule has 2 aromatic carbocycles. The Labute approximate surface area is 111 Å². The maximum atomic E-state index is 5.85. The summed E-state index contributed by atoms with van der Waals surface area (Å²) in [6.07, 6.45) is 0. The van der Waals surface area contributed by atoms with E-state index in [1.807, 2.05) is 12.1 Å². The van der Waals surface area contributed by atoms with Crippen molar-refractivity contribution in [3.05, 3.63) is 72.8 Å². The van der Waals surface area contributed by atoms with Gasteiger partial charge in [0.2, 0.25) is 0 Å². The van der Waals surface area contributed by atoms with Gasteiger partial charge in [0, 0.05) is 11.1 Å². The quantitative estimate of drug-likeness (QED) is 0.472. The van der Waals surface area contributed by atoms with Crippen LogP contribution in [0, 0.1) is 0 Å². The molecule has 4 aromatic rings. The zero-order valence-electron chi connectivity index (χ0n) is 10.3. The molecule has 0 radical (unpaired) electrons. The van der Waals surface area contributed by atoms with Crippen LogP contribution < -0.4 is 0 Å². The van der Waals surface area contributed by atoms with Gasteiger partial charge in [-0.05, 0) is 23.3 Å². The summed E-state index contributed by atoms with van der Waals surface area (Å²) in [6, 6.07) is 25.0. The highest BCUT2D eigenvalue weighted by atomic mass is 16.3. The first-order valence-electron chi connectivity index (χ1n) is 6.38. The molecule has 1 heteroatoms. The summed E-state index contributed by atoms with van der Waals surface area (Å²) >= 11 is 0. The molecule has 2 aromatic heterocycles. The van der Waals surface area contributed by atoms with Crippen LogP contribution in [0.25, 0.3) is 33.4 Å². The van der Waals surface area contributed by atoms with Gasteiger partial charge in [-0.25, -0.2) is 0 Å². The monoisotopic (exact) mass is 244 g/mol. The summed E-state index contributed by atoms with van der Waals surface area (Å²) in [6.45, 7) is 0. The molecule has 19 heavy (non-hydrogen) atoms. The minimum Gasteiger partial charge on any atom is -0.456 e. The topological polar surface area (TPSA) is 13.1 Å². The highest BCUT2D eigenvalue weighted by Crippen LogP contribution is 2.38. The molecule has 0 atom stereocenters. The van der Waals surface area contributed by atoms with E-state index in [1.54, 1.807) is 0 Å². The van der Waals surface area contributed by atoms with Crippen molar-refractivity contribution in [2.24, 2.45) is 0 Å². The molecule has 0 saturated heterocycles. The Hall–Kier alpha value is -2.54. The van der Waals surface area contributed by atoms with Gasteiger partial charge in [0.25, 0.3) is 0 Å². The summed E-state index contributed by atoms with van der Waals surface area (Å²) < 4.78 is 5.85. The molecular weight excluding hydrogens is 232 g/mol. The van der Waals surface area contributed by atoms with E-state index in [-0.39, 0.29) is 0 Å². The second-order valence-electron chi connectivity index (χ2n) is 4.68. The number of benzene rings is 3. The molecule has 1 nitrogen and oxygen atoms in total. The van der Waals surface area contributed by atoms with Crippen molar-refractivity contribution in [3.8, 4) is 22.3 Å². The van der Waals surface area contributed by atoms with E-state index in [2.05, 4.69) is 60.7 Å². The lowest BCUT2D eigenvalue weighted by molar-refractivity contribution is 0.676. The van der Waals surface area contributed by atoms with Crippen LogP contribution in [0.3, 0.4) is 0 Å². The van der Waals surface area contributed by atoms with Gasteiger partial charge in [0.1, 0.15) is 11.2 Å². The number of hydrogen-bond donors (Lipinski definition) is 0. The van der Waals surface area contributed by atoms with E-state index in [0.717, 1.165) is 11.2 Å². The minimum atomic E-state index is 0.958. The normalized spacial score (nSPS) is 11.2. The van der Waals surface area contributed by atoms with Crippen LogP contribution in [0.5, 0.6) is 0 Å². The van der Waals surface area contributed by atoms with Crippen molar-refractivity contribution in [1.82, 2.24) is 0 Å². The Bertz CT molecular complexity index is 728. The third-order valence-corrected chi connectivity index (χ3v) is 3.47. The molecule has 0 amide bonds. The summed E-state index contributed by atoms with van der Waals surface area (Å²) in [5, 5.41) is 0. The van der Waals surface area contributed by atoms with Crippen LogP contribution in [0.15, 0.2) is 77.2 Å². The lowest BCUT2D eigenvalue weighted by atomic mass is 10.0. The van der Waals surface area contributed by atoms with Crippen LogP contribution in [0.2, 0.25) is 0 Å². The van der Waals surface area contributed by atoms with Gasteiger partial charge in [-0.15, -0.1) is 0 Å². The summed E-state index contributed by atoms with van der Waals surface area (Å²) in [5.41, 5.74) is 6.68. The Morgan fingerprint density at radius 2 is 0.947 bits per heavy atom. The lowest BCUT2D eigenvalue weighted by Gasteiger charge is -2.00. The zero-order chi connectivity index (χ0) is 12.7. The summed E-state index contributed by atoms with van der Waals surface area (Å²) in [5.74, 6) is 0. The summed E-state index contributed by atoms with van der Waals surface area (Å²) in [4.78, 5) is 0. The Balaban J connectivity index is 1.85. The molecule has 0 fully saturated rings. The molecule has 0 aliphatic rings. The molecule has 4 rings (SSSR count). The van der Waals surface area contributed by atoms with Gasteiger partial charge in [0.15, 0.2) is 0 Å². The molecule has 0 saturated carbocycles. The first-order valence-corrected chi connectivity index (χ1v) is 6.38. The molecule has 2 bridgehead atoms. The van der Waals surface area contributed by atoms with Crippen LogP contribution in [0.4, 0.5) is 0 Å². The predicted octanol–water partition coefficient (Wildman–Crippen LogP) is 5.20. The van der Waals surface area contributed by atoms with Crippen LogP contribution in [-0.4, -0.2) is 0 Å². The van der Waals surface area contributed by atoms with Gasteiger partial charge < -0.3 is 4.42 Å². The van der Waals surface area contributed by atoms with E-state index >= 15 is 0 Å². The lowest BCUT2D eigenvalue weighted by Crippen LogP contribution is -1.77. The molecule has 0 unspecified atom stereocenters. The van der Waals surface area contributed by atoms with Gasteiger partial charge in [-0.3, -0.25) is 0 Å². The number of fused-ring (bicyclic) bond motifs is 2. The standard InChI is InChI=1S/C18H12O/c1-3-7-13(8-4-1)15-11-18-16(12-17(15)19-18)14-9-5-2-6-10-14/h1-12H. The maximum absolute atomic E-state index is 5.85. The smallest absolute Gasteiger partial charge is 0.136 e. The molecule has 90 valence electrons. The zero-order valence-corrected chi connectivity index (χ0v) is 10.3. The average molecular weight is 244 g/mol. The Morgan fingerprint density at radius 1 is 0.526 bits per heavy atom. The number of furan rings is 2. The predicted molar refractivity (Wildman–Crippen MR) is 78.3 cm³/mol. The SMILES string of the molecule is c1ccc(-c2cc3oc2cc3-c2ccccc2)cc1. The fourth-order valence-electron chi connectivity index (χ4n) is 2.53. The van der Waals surface area contributed by atoms with Crippen molar-refractivity contribution in [2.75, 3.05) is 0 Å². The van der Waals surface area contributed by atoms with Crippen molar-refractivity contribution in [2.45, 2.75) is 0 Å². The van der Waals surface area contributed by atoms with E-state index < -0.39 is 0 Å². The third-order valence-electron chi connectivity index (χ3n) is 3.47. The molecular formula is C18H12O. The van der Waals surface area contributed by atoms with E-state index in [1.165, 1.54) is 22.3 Å². The van der Waals surface area contributed by atoms with Crippen LogP contribution in [-0.2, 0) is 0 Å². The Kier molecular flexibility index (Phi) is 2.18. The molecule has 0 aliphatic carbocycles. The average Bonchev–Trinajstić information content (AvgIpc) is 3.09. The van der Waals surface area contributed by atoms with Crippen LogP contribution in [0.1, 0.15) is 0 Å². The van der Waals surface area contributed by atoms with Gasteiger partial charge in [-0.2, -0.15) is 0 Å². The maximum Gasteiger partial charge on any atom is 0.136 e. The van der Waals surface area contributed by atoms with Gasteiger partial charge >= 0.3 is 0 Å². The fraction of sp³-hybridized carbons (Fsp3) is 0. The minimum absolute atomic E-state index is 0.958. The fourth-order valence-corrected chi connectivity index (χ4v) is 2.53. The van der Waals surface area contributed by atoms with Gasteiger partial charge in [-0.1, -0.05) is 60.7 Å². The molecule has 0 spiro atoms. The number of hydrogen-bond acceptors (Lipinski definition) is 1. The van der Waals surface area contributed by atoms with Crippen molar-refractivity contribution < 1.29 is 4.42 Å². The first kappa shape index (κ1) is 10.4. The van der Waals surface area contributed by atoms with E-state index in [0.29, 0.717) is 0 Å². The van der Waals surface area contributed by atoms with E-state index in [9.17, 15) is 0 Å². The molecule has 2 heterocycles. The highest BCUT2D eigenvalue weighted by molar-refractivity contribution is 5.95. The van der Waals surface area contributed by atoms with Crippen molar-refractivity contribution >= 4 is 11.2 Å².